The van der Waals surface area contributed by atoms with Crippen molar-refractivity contribution in [1.29, 1.82) is 0 Å². The van der Waals surface area contributed by atoms with E-state index in [1.807, 2.05) is 17.5 Å². The minimum atomic E-state index is -0.383. The first-order valence-corrected chi connectivity index (χ1v) is 5.13. The zero-order valence-corrected chi connectivity index (χ0v) is 8.58. The number of nitrogen functional groups attached to an aromatic ring is 1. The number of hydrogen-bond donors (Lipinski definition) is 2. The fourth-order valence-corrected chi connectivity index (χ4v) is 1.66. The van der Waals surface area contributed by atoms with Gasteiger partial charge in [0.15, 0.2) is 5.69 Å². The molecule has 15 heavy (non-hydrogen) atoms. The number of aromatic nitrogens is 2. The van der Waals surface area contributed by atoms with Gasteiger partial charge in [-0.25, -0.2) is 4.98 Å². The second-order valence-corrected chi connectivity index (χ2v) is 3.85. The molecule has 6 heteroatoms. The van der Waals surface area contributed by atoms with Crippen LogP contribution in [0.25, 0.3) is 0 Å². The SMILES string of the molecule is Nc1c(OCc2cccs2)nc[nH]c1=O. The van der Waals surface area contributed by atoms with Crippen LogP contribution in [0.1, 0.15) is 4.88 Å². The molecule has 0 saturated carbocycles. The topological polar surface area (TPSA) is 81.0 Å². The van der Waals surface area contributed by atoms with Crippen LogP contribution in [0.3, 0.4) is 0 Å². The van der Waals surface area contributed by atoms with E-state index < -0.39 is 0 Å². The Bertz CT molecular complexity index is 492. The van der Waals surface area contributed by atoms with Gasteiger partial charge in [-0.1, -0.05) is 6.07 Å². The largest absolute Gasteiger partial charge is 0.470 e. The Kier molecular flexibility index (Phi) is 2.68. The van der Waals surface area contributed by atoms with E-state index in [9.17, 15) is 4.79 Å². The van der Waals surface area contributed by atoms with E-state index >= 15 is 0 Å². The van der Waals surface area contributed by atoms with Gasteiger partial charge in [0.25, 0.3) is 5.56 Å². The number of anilines is 1. The summed E-state index contributed by atoms with van der Waals surface area (Å²) in [6.07, 6.45) is 1.27. The number of ether oxygens (including phenoxy) is 1. The number of hydrogen-bond acceptors (Lipinski definition) is 5. The average molecular weight is 223 g/mol. The second kappa shape index (κ2) is 4.14. The maximum Gasteiger partial charge on any atom is 0.277 e. The molecule has 78 valence electrons. The van der Waals surface area contributed by atoms with Crippen LogP contribution in [-0.2, 0) is 6.61 Å². The zero-order chi connectivity index (χ0) is 10.7. The third-order valence-corrected chi connectivity index (χ3v) is 2.63. The Balaban J connectivity index is 2.12. The highest BCUT2D eigenvalue weighted by atomic mass is 32.1. The molecule has 0 aliphatic carbocycles. The van der Waals surface area contributed by atoms with Crippen molar-refractivity contribution >= 4 is 17.0 Å². The van der Waals surface area contributed by atoms with Crippen LogP contribution >= 0.6 is 11.3 Å². The first-order chi connectivity index (χ1) is 7.27. The summed E-state index contributed by atoms with van der Waals surface area (Å²) in [5, 5.41) is 1.95. The highest BCUT2D eigenvalue weighted by molar-refractivity contribution is 7.09. The summed E-state index contributed by atoms with van der Waals surface area (Å²) in [4.78, 5) is 18.4. The molecule has 2 aromatic heterocycles. The number of H-pyrrole nitrogens is 1. The molecule has 5 nitrogen and oxygen atoms in total. The van der Waals surface area contributed by atoms with Gasteiger partial charge in [-0.2, -0.15) is 0 Å². The number of rotatable bonds is 3. The maximum atomic E-state index is 11.1. The standard InChI is InChI=1S/C9H9N3O2S/c10-7-8(13)11-5-12-9(7)14-4-6-2-1-3-15-6/h1-3,5H,4,10H2,(H,11,12,13). The molecule has 0 spiro atoms. The molecule has 0 bridgehead atoms. The molecule has 3 N–H and O–H groups in total. The molecule has 2 rings (SSSR count). The Morgan fingerprint density at radius 1 is 1.60 bits per heavy atom. The van der Waals surface area contributed by atoms with E-state index in [1.54, 1.807) is 11.3 Å². The molecular formula is C9H9N3O2S. The van der Waals surface area contributed by atoms with E-state index in [-0.39, 0.29) is 17.1 Å². The predicted molar refractivity (Wildman–Crippen MR) is 57.9 cm³/mol. The van der Waals surface area contributed by atoms with Crippen LogP contribution < -0.4 is 16.0 Å². The van der Waals surface area contributed by atoms with Crippen molar-refractivity contribution in [3.8, 4) is 5.88 Å². The van der Waals surface area contributed by atoms with Crippen molar-refractivity contribution in [2.75, 3.05) is 5.73 Å². The molecule has 0 fully saturated rings. The number of thiophene rings is 1. The molecule has 0 aliphatic heterocycles. The summed E-state index contributed by atoms with van der Waals surface area (Å²) < 4.78 is 5.32. The number of nitrogens with one attached hydrogen (secondary N) is 1. The lowest BCUT2D eigenvalue weighted by Crippen LogP contribution is -2.14. The fourth-order valence-electron chi connectivity index (χ4n) is 1.04. The lowest BCUT2D eigenvalue weighted by molar-refractivity contribution is 0.298. The molecule has 0 atom stereocenters. The fraction of sp³-hybridized carbons (Fsp3) is 0.111. The monoisotopic (exact) mass is 223 g/mol. The molecule has 0 radical (unpaired) electrons. The normalized spacial score (nSPS) is 10.1. The molecular weight excluding hydrogens is 214 g/mol. The molecule has 2 heterocycles. The minimum absolute atomic E-state index is 0.00839. The van der Waals surface area contributed by atoms with E-state index in [4.69, 9.17) is 10.5 Å². The molecule has 2 aromatic rings. The Labute approximate surface area is 89.5 Å². The van der Waals surface area contributed by atoms with E-state index in [0.717, 1.165) is 4.88 Å². The van der Waals surface area contributed by atoms with Crippen molar-refractivity contribution in [2.24, 2.45) is 0 Å². The van der Waals surface area contributed by atoms with E-state index in [1.165, 1.54) is 6.33 Å². The lowest BCUT2D eigenvalue weighted by atomic mass is 10.5. The Hall–Kier alpha value is -1.82. The molecule has 0 saturated heterocycles. The van der Waals surface area contributed by atoms with Crippen molar-refractivity contribution in [3.63, 3.8) is 0 Å². The summed E-state index contributed by atoms with van der Waals surface area (Å²) >= 11 is 1.57. The van der Waals surface area contributed by atoms with Gasteiger partial charge in [0.1, 0.15) is 6.61 Å². The van der Waals surface area contributed by atoms with Gasteiger partial charge < -0.3 is 15.5 Å². The summed E-state index contributed by atoms with van der Waals surface area (Å²) in [6, 6.07) is 3.87. The summed E-state index contributed by atoms with van der Waals surface area (Å²) in [6.45, 7) is 0.373. The Morgan fingerprint density at radius 2 is 2.47 bits per heavy atom. The number of nitrogens with two attached hydrogens (primary N) is 1. The number of aromatic amines is 1. The third-order valence-electron chi connectivity index (χ3n) is 1.78. The van der Waals surface area contributed by atoms with Crippen molar-refractivity contribution < 1.29 is 4.74 Å². The molecule has 0 aromatic carbocycles. The summed E-state index contributed by atoms with van der Waals surface area (Å²) in [7, 11) is 0. The predicted octanol–water partition coefficient (Wildman–Crippen LogP) is 0.993. The van der Waals surface area contributed by atoms with Gasteiger partial charge in [-0.05, 0) is 11.4 Å². The number of nitrogens with zero attached hydrogens (tertiary/aromatic N) is 1. The third kappa shape index (κ3) is 2.16. The minimum Gasteiger partial charge on any atom is -0.470 e. The van der Waals surface area contributed by atoms with Gasteiger partial charge in [0, 0.05) is 4.88 Å². The van der Waals surface area contributed by atoms with Gasteiger partial charge in [-0.15, -0.1) is 11.3 Å². The van der Waals surface area contributed by atoms with Crippen LogP contribution in [0.5, 0.6) is 5.88 Å². The smallest absolute Gasteiger partial charge is 0.277 e. The summed E-state index contributed by atoms with van der Waals surface area (Å²) in [5.41, 5.74) is 5.12. The Morgan fingerprint density at radius 3 is 3.20 bits per heavy atom. The van der Waals surface area contributed by atoms with Crippen LogP contribution in [0, 0.1) is 0 Å². The molecule has 0 unspecified atom stereocenters. The first kappa shape index (κ1) is 9.72. The van der Waals surface area contributed by atoms with Crippen LogP contribution in [0.2, 0.25) is 0 Å². The zero-order valence-electron chi connectivity index (χ0n) is 7.77. The van der Waals surface area contributed by atoms with Crippen LogP contribution in [0.4, 0.5) is 5.69 Å². The highest BCUT2D eigenvalue weighted by Crippen LogP contribution is 2.15. The molecule has 0 aliphatic rings. The second-order valence-electron chi connectivity index (χ2n) is 2.82. The van der Waals surface area contributed by atoms with Crippen LogP contribution in [0.15, 0.2) is 28.6 Å². The van der Waals surface area contributed by atoms with Crippen molar-refractivity contribution in [3.05, 3.63) is 39.1 Å². The highest BCUT2D eigenvalue weighted by Gasteiger charge is 2.05. The van der Waals surface area contributed by atoms with E-state index in [0.29, 0.717) is 6.61 Å². The average Bonchev–Trinajstić information content (AvgIpc) is 2.73. The van der Waals surface area contributed by atoms with Crippen molar-refractivity contribution in [1.82, 2.24) is 9.97 Å². The van der Waals surface area contributed by atoms with E-state index in [2.05, 4.69) is 9.97 Å². The van der Waals surface area contributed by atoms with Gasteiger partial charge in [-0.3, -0.25) is 4.79 Å². The van der Waals surface area contributed by atoms with Crippen LogP contribution in [-0.4, -0.2) is 9.97 Å². The quantitative estimate of drug-likeness (QED) is 0.813. The van der Waals surface area contributed by atoms with Gasteiger partial charge in [0.2, 0.25) is 5.88 Å². The summed E-state index contributed by atoms with van der Waals surface area (Å²) in [5.74, 6) is 0.173. The lowest BCUT2D eigenvalue weighted by Gasteiger charge is -2.04. The first-order valence-electron chi connectivity index (χ1n) is 4.25. The van der Waals surface area contributed by atoms with Crippen molar-refractivity contribution in [2.45, 2.75) is 6.61 Å². The van der Waals surface area contributed by atoms with Gasteiger partial charge in [0.05, 0.1) is 6.33 Å². The van der Waals surface area contributed by atoms with Gasteiger partial charge >= 0.3 is 0 Å². The molecule has 0 amide bonds. The maximum absolute atomic E-state index is 11.1.